The highest BCUT2D eigenvalue weighted by atomic mass is 16.6. The van der Waals surface area contributed by atoms with Gasteiger partial charge in [-0.3, -0.25) is 0 Å². The lowest BCUT2D eigenvalue weighted by Gasteiger charge is -2.07. The van der Waals surface area contributed by atoms with Crippen molar-refractivity contribution in [1.82, 2.24) is 9.78 Å². The minimum absolute atomic E-state index is 0.370. The predicted molar refractivity (Wildman–Crippen MR) is 84.7 cm³/mol. The topological polar surface area (TPSA) is 70.4 Å². The molecule has 0 saturated heterocycles. The Labute approximate surface area is 135 Å². The second-order valence-corrected chi connectivity index (χ2v) is 5.11. The molecule has 0 unspecified atom stereocenters. The Morgan fingerprint density at radius 3 is 2.35 bits per heavy atom. The molecule has 0 aliphatic heterocycles. The molecule has 6 heteroatoms. The normalized spacial score (nSPS) is 10.4. The van der Waals surface area contributed by atoms with E-state index in [1.54, 1.807) is 24.3 Å². The number of aromatic nitrogens is 2. The fourth-order valence-corrected chi connectivity index (χ4v) is 2.44. The van der Waals surface area contributed by atoms with Crippen molar-refractivity contribution in [3.05, 3.63) is 46.8 Å². The van der Waals surface area contributed by atoms with Gasteiger partial charge in [-0.25, -0.2) is 14.3 Å². The third-order valence-electron chi connectivity index (χ3n) is 3.69. The van der Waals surface area contributed by atoms with Gasteiger partial charge in [0.1, 0.15) is 0 Å². The van der Waals surface area contributed by atoms with Crippen molar-refractivity contribution in [3.8, 4) is 5.69 Å². The minimum atomic E-state index is -0.593. The Morgan fingerprint density at radius 2 is 1.83 bits per heavy atom. The smallest absolute Gasteiger partial charge is 0.344 e. The van der Waals surface area contributed by atoms with Gasteiger partial charge in [0.25, 0.3) is 0 Å². The molecular weight excluding hydrogens is 296 g/mol. The first kappa shape index (κ1) is 16.7. The van der Waals surface area contributed by atoms with Crippen molar-refractivity contribution >= 4 is 11.9 Å². The molecule has 0 saturated carbocycles. The summed E-state index contributed by atoms with van der Waals surface area (Å²) in [7, 11) is 1.24. The zero-order chi connectivity index (χ0) is 17.0. The summed E-state index contributed by atoms with van der Waals surface area (Å²) in [5.41, 5.74) is 4.56. The number of hydrogen-bond acceptors (Lipinski definition) is 5. The molecule has 2 aromatic rings. The van der Waals surface area contributed by atoms with Gasteiger partial charge >= 0.3 is 11.9 Å². The van der Waals surface area contributed by atoms with E-state index in [0.29, 0.717) is 5.56 Å². The van der Waals surface area contributed by atoms with Crippen LogP contribution in [0.4, 0.5) is 0 Å². The molecule has 0 fully saturated rings. The standard InChI is InChI=1S/C17H20N2O4/c1-5-15-11(2)18-19(12(15)3)14-8-6-13(7-9-14)17(21)23-10-16(20)22-4/h6-9H,5,10H2,1-4H3. The third kappa shape index (κ3) is 3.59. The number of methoxy groups -OCH3 is 1. The lowest BCUT2D eigenvalue weighted by atomic mass is 10.1. The Morgan fingerprint density at radius 1 is 1.17 bits per heavy atom. The van der Waals surface area contributed by atoms with Crippen LogP contribution >= 0.6 is 0 Å². The fraction of sp³-hybridized carbons (Fsp3) is 0.353. The first-order valence-electron chi connectivity index (χ1n) is 7.37. The minimum Gasteiger partial charge on any atom is -0.466 e. The van der Waals surface area contributed by atoms with Crippen LogP contribution in [0.25, 0.3) is 5.69 Å². The average Bonchev–Trinajstić information content (AvgIpc) is 2.86. The molecule has 1 heterocycles. The van der Waals surface area contributed by atoms with Crippen molar-refractivity contribution in [3.63, 3.8) is 0 Å². The maximum absolute atomic E-state index is 11.8. The summed E-state index contributed by atoms with van der Waals surface area (Å²) in [4.78, 5) is 22.8. The Hall–Kier alpha value is -2.63. The molecule has 6 nitrogen and oxygen atoms in total. The van der Waals surface area contributed by atoms with Crippen LogP contribution in [0, 0.1) is 13.8 Å². The molecule has 1 aromatic carbocycles. The van der Waals surface area contributed by atoms with Gasteiger partial charge in [-0.2, -0.15) is 5.10 Å². The summed E-state index contributed by atoms with van der Waals surface area (Å²) >= 11 is 0. The highest BCUT2D eigenvalue weighted by Gasteiger charge is 2.13. The van der Waals surface area contributed by atoms with E-state index in [9.17, 15) is 9.59 Å². The van der Waals surface area contributed by atoms with Gasteiger partial charge in [0.15, 0.2) is 6.61 Å². The zero-order valence-corrected chi connectivity index (χ0v) is 13.8. The Bertz CT molecular complexity index is 717. The van der Waals surface area contributed by atoms with E-state index < -0.39 is 18.5 Å². The van der Waals surface area contributed by atoms with Crippen LogP contribution in [-0.4, -0.2) is 35.4 Å². The van der Waals surface area contributed by atoms with E-state index in [-0.39, 0.29) is 0 Å². The number of ether oxygens (including phenoxy) is 2. The van der Waals surface area contributed by atoms with Crippen LogP contribution in [0.2, 0.25) is 0 Å². The number of hydrogen-bond donors (Lipinski definition) is 0. The van der Waals surface area contributed by atoms with E-state index in [4.69, 9.17) is 4.74 Å². The summed E-state index contributed by atoms with van der Waals surface area (Å²) in [5, 5.41) is 4.54. The van der Waals surface area contributed by atoms with E-state index in [2.05, 4.69) is 16.8 Å². The molecular formula is C17H20N2O4. The molecule has 0 radical (unpaired) electrons. The van der Waals surface area contributed by atoms with Crippen LogP contribution in [0.15, 0.2) is 24.3 Å². The summed E-state index contributed by atoms with van der Waals surface area (Å²) in [5.74, 6) is -1.16. The van der Waals surface area contributed by atoms with Crippen LogP contribution in [0.1, 0.15) is 34.2 Å². The Balaban J connectivity index is 2.16. The second kappa shape index (κ2) is 7.09. The summed E-state index contributed by atoms with van der Waals surface area (Å²) < 4.78 is 11.1. The first-order valence-corrected chi connectivity index (χ1v) is 7.37. The van der Waals surface area contributed by atoms with Crippen molar-refractivity contribution in [1.29, 1.82) is 0 Å². The number of benzene rings is 1. The highest BCUT2D eigenvalue weighted by Crippen LogP contribution is 2.19. The molecule has 0 bridgehead atoms. The number of nitrogens with zero attached hydrogens (tertiary/aromatic N) is 2. The molecule has 0 amide bonds. The molecule has 0 spiro atoms. The summed E-state index contributed by atoms with van der Waals surface area (Å²) in [6, 6.07) is 6.90. The van der Waals surface area contributed by atoms with E-state index in [0.717, 1.165) is 23.5 Å². The number of esters is 2. The quantitative estimate of drug-likeness (QED) is 0.792. The summed E-state index contributed by atoms with van der Waals surface area (Å²) in [6.45, 7) is 5.72. The fourth-order valence-electron chi connectivity index (χ4n) is 2.44. The number of carbonyl (C=O) groups is 2. The van der Waals surface area contributed by atoms with Crippen LogP contribution in [0.3, 0.4) is 0 Å². The van der Waals surface area contributed by atoms with Crippen molar-refractivity contribution in [2.45, 2.75) is 27.2 Å². The third-order valence-corrected chi connectivity index (χ3v) is 3.69. The summed E-state index contributed by atoms with van der Waals surface area (Å²) in [6.07, 6.45) is 0.926. The van der Waals surface area contributed by atoms with Gasteiger partial charge in [-0.15, -0.1) is 0 Å². The number of aryl methyl sites for hydroxylation is 1. The lowest BCUT2D eigenvalue weighted by molar-refractivity contribution is -0.144. The number of rotatable bonds is 5. The molecule has 23 heavy (non-hydrogen) atoms. The monoisotopic (exact) mass is 316 g/mol. The highest BCUT2D eigenvalue weighted by molar-refractivity contribution is 5.90. The molecule has 1 aromatic heterocycles. The largest absolute Gasteiger partial charge is 0.466 e. The van der Waals surface area contributed by atoms with Gasteiger partial charge in [0.05, 0.1) is 24.1 Å². The Kier molecular flexibility index (Phi) is 5.16. The molecule has 0 atom stereocenters. The van der Waals surface area contributed by atoms with Gasteiger partial charge in [-0.1, -0.05) is 6.92 Å². The average molecular weight is 316 g/mol. The molecule has 2 rings (SSSR count). The van der Waals surface area contributed by atoms with E-state index in [1.165, 1.54) is 12.7 Å². The molecule has 0 N–H and O–H groups in total. The van der Waals surface area contributed by atoms with Crippen molar-refractivity contribution < 1.29 is 19.1 Å². The molecule has 0 aliphatic carbocycles. The van der Waals surface area contributed by atoms with E-state index >= 15 is 0 Å². The lowest BCUT2D eigenvalue weighted by Crippen LogP contribution is -2.15. The maximum Gasteiger partial charge on any atom is 0.344 e. The number of carbonyl (C=O) groups excluding carboxylic acids is 2. The van der Waals surface area contributed by atoms with Crippen LogP contribution in [-0.2, 0) is 20.7 Å². The van der Waals surface area contributed by atoms with Gasteiger partial charge in [-0.05, 0) is 50.1 Å². The predicted octanol–water partition coefficient (Wildman–Crippen LogP) is 2.38. The van der Waals surface area contributed by atoms with E-state index in [1.807, 2.05) is 18.5 Å². The molecule has 122 valence electrons. The van der Waals surface area contributed by atoms with Crippen LogP contribution in [0.5, 0.6) is 0 Å². The maximum atomic E-state index is 11.8. The molecule has 0 aliphatic rings. The second-order valence-electron chi connectivity index (χ2n) is 5.11. The van der Waals surface area contributed by atoms with Gasteiger partial charge in [0.2, 0.25) is 0 Å². The zero-order valence-electron chi connectivity index (χ0n) is 13.8. The SMILES string of the molecule is CCc1c(C)nn(-c2ccc(C(=O)OCC(=O)OC)cc2)c1C. The van der Waals surface area contributed by atoms with Crippen molar-refractivity contribution in [2.24, 2.45) is 0 Å². The van der Waals surface area contributed by atoms with Gasteiger partial charge < -0.3 is 9.47 Å². The van der Waals surface area contributed by atoms with Crippen molar-refractivity contribution in [2.75, 3.05) is 13.7 Å². The van der Waals surface area contributed by atoms with Gasteiger partial charge in [0, 0.05) is 5.69 Å². The van der Waals surface area contributed by atoms with Crippen LogP contribution < -0.4 is 0 Å². The first-order chi connectivity index (χ1) is 11.0.